The Labute approximate surface area is 213 Å². The largest absolute Gasteiger partial charge is 0.494 e. The van der Waals surface area contributed by atoms with Crippen LogP contribution in [-0.4, -0.2) is 47.5 Å². The molecule has 4 rings (SSSR count). The smallest absolute Gasteiger partial charge is 0.190 e. The number of benzene rings is 2. The van der Waals surface area contributed by atoms with Crippen LogP contribution in [0, 0.1) is 0 Å². The minimum absolute atomic E-state index is 0. The number of aliphatic imine (C=N–C) groups is 1. The lowest BCUT2D eigenvalue weighted by atomic mass is 10.1. The Balaban J connectivity index is 0.00000306. The van der Waals surface area contributed by atoms with Crippen molar-refractivity contribution in [3.63, 3.8) is 0 Å². The summed E-state index contributed by atoms with van der Waals surface area (Å²) in [6, 6.07) is 14.6. The zero-order valence-electron chi connectivity index (χ0n) is 19.4. The Bertz CT molecular complexity index is 1030. The number of rotatable bonds is 9. The summed E-state index contributed by atoms with van der Waals surface area (Å²) in [6.45, 7) is 3.40. The first-order valence-electron chi connectivity index (χ1n) is 11.8. The fraction of sp³-hybridized carbons (Fsp3) is 0.480. The van der Waals surface area contributed by atoms with E-state index in [9.17, 15) is 0 Å². The molecule has 0 fully saturated rings. The summed E-state index contributed by atoms with van der Waals surface area (Å²) >= 11 is 0. The van der Waals surface area contributed by atoms with E-state index in [2.05, 4.69) is 66.8 Å². The molecule has 1 aliphatic heterocycles. The topological polar surface area (TPSA) is 76.4 Å². The summed E-state index contributed by atoms with van der Waals surface area (Å²) in [7, 11) is 1.80. The molecule has 0 bridgehead atoms. The average molecular weight is 563 g/mol. The molecule has 1 aromatic heterocycles. The Morgan fingerprint density at radius 2 is 1.82 bits per heavy atom. The van der Waals surface area contributed by atoms with Crippen LogP contribution in [-0.2, 0) is 19.4 Å². The van der Waals surface area contributed by atoms with Crippen molar-refractivity contribution < 1.29 is 4.74 Å². The van der Waals surface area contributed by atoms with Crippen molar-refractivity contribution in [3.05, 3.63) is 54.1 Å². The highest BCUT2D eigenvalue weighted by atomic mass is 127. The second kappa shape index (κ2) is 13.4. The van der Waals surface area contributed by atoms with E-state index in [4.69, 9.17) is 4.74 Å². The van der Waals surface area contributed by atoms with Gasteiger partial charge in [0.2, 0.25) is 0 Å². The number of nitrogens with zero attached hydrogens (tertiary/aromatic N) is 4. The molecule has 8 heteroatoms. The van der Waals surface area contributed by atoms with Gasteiger partial charge in [0.05, 0.1) is 6.61 Å². The minimum Gasteiger partial charge on any atom is -0.494 e. The first-order chi connectivity index (χ1) is 15.8. The van der Waals surface area contributed by atoms with Crippen LogP contribution in [0.25, 0.3) is 10.8 Å². The molecule has 1 aliphatic rings. The van der Waals surface area contributed by atoms with Gasteiger partial charge in [-0.15, -0.1) is 34.2 Å². The average Bonchev–Trinajstić information content (AvgIpc) is 3.05. The standard InChI is InChI=1S/C25H34N6O.HI/c1-26-25(27-15-7-12-24-30-29-23-11-3-2-6-17-31(23)24)28-16-8-18-32-22-14-13-20-9-4-5-10-21(20)19-22;/h4-5,9-10,13-14,19H,2-3,6-8,11-12,15-18H2,1H3,(H2,26,27,28);1H. The Morgan fingerprint density at radius 3 is 2.67 bits per heavy atom. The fourth-order valence-corrected chi connectivity index (χ4v) is 4.13. The van der Waals surface area contributed by atoms with Crippen LogP contribution >= 0.6 is 24.0 Å². The summed E-state index contributed by atoms with van der Waals surface area (Å²) in [5.74, 6) is 4.03. The van der Waals surface area contributed by atoms with Crippen LogP contribution in [0.4, 0.5) is 0 Å². The maximum atomic E-state index is 5.91. The summed E-state index contributed by atoms with van der Waals surface area (Å²) in [5, 5.41) is 18.0. The van der Waals surface area contributed by atoms with Crippen LogP contribution in [0.3, 0.4) is 0 Å². The summed E-state index contributed by atoms with van der Waals surface area (Å²) in [5.41, 5.74) is 0. The summed E-state index contributed by atoms with van der Waals surface area (Å²) in [6.07, 6.45) is 7.67. The lowest BCUT2D eigenvalue weighted by Crippen LogP contribution is -2.38. The number of nitrogens with one attached hydrogen (secondary N) is 2. The molecule has 2 N–H and O–H groups in total. The van der Waals surface area contributed by atoms with E-state index in [1.165, 1.54) is 30.0 Å². The van der Waals surface area contributed by atoms with Crippen molar-refractivity contribution in [3.8, 4) is 5.75 Å². The summed E-state index contributed by atoms with van der Waals surface area (Å²) in [4.78, 5) is 4.32. The van der Waals surface area contributed by atoms with Gasteiger partial charge in [-0.3, -0.25) is 4.99 Å². The van der Waals surface area contributed by atoms with Crippen LogP contribution in [0.1, 0.15) is 43.8 Å². The molecule has 0 radical (unpaired) electrons. The molecular formula is C25H35IN6O. The molecule has 33 heavy (non-hydrogen) atoms. The van der Waals surface area contributed by atoms with E-state index in [0.29, 0.717) is 6.61 Å². The van der Waals surface area contributed by atoms with Gasteiger partial charge in [-0.05, 0) is 48.6 Å². The predicted molar refractivity (Wildman–Crippen MR) is 145 cm³/mol. The maximum absolute atomic E-state index is 5.91. The Morgan fingerprint density at radius 1 is 1.00 bits per heavy atom. The van der Waals surface area contributed by atoms with Gasteiger partial charge in [-0.2, -0.15) is 0 Å². The molecular weight excluding hydrogens is 527 g/mol. The highest BCUT2D eigenvalue weighted by molar-refractivity contribution is 14.0. The third-order valence-corrected chi connectivity index (χ3v) is 5.88. The first kappa shape index (κ1) is 25.3. The van der Waals surface area contributed by atoms with E-state index in [0.717, 1.165) is 68.7 Å². The molecule has 3 aromatic rings. The monoisotopic (exact) mass is 562 g/mol. The highest BCUT2D eigenvalue weighted by Crippen LogP contribution is 2.20. The van der Waals surface area contributed by atoms with Gasteiger partial charge in [-0.1, -0.05) is 36.8 Å². The molecule has 2 aromatic carbocycles. The Hall–Kier alpha value is -2.36. The number of aryl methyl sites for hydroxylation is 2. The van der Waals surface area contributed by atoms with Crippen molar-refractivity contribution in [2.75, 3.05) is 26.7 Å². The second-order valence-electron chi connectivity index (χ2n) is 8.24. The third kappa shape index (κ3) is 7.31. The second-order valence-corrected chi connectivity index (χ2v) is 8.24. The highest BCUT2D eigenvalue weighted by Gasteiger charge is 2.14. The van der Waals surface area contributed by atoms with Crippen molar-refractivity contribution >= 4 is 40.7 Å². The zero-order chi connectivity index (χ0) is 22.0. The molecule has 0 unspecified atom stereocenters. The number of guanidine groups is 1. The molecule has 178 valence electrons. The quantitative estimate of drug-likeness (QED) is 0.176. The molecule has 0 saturated heterocycles. The van der Waals surface area contributed by atoms with Crippen LogP contribution in [0.15, 0.2) is 47.5 Å². The van der Waals surface area contributed by atoms with Gasteiger partial charge in [0.15, 0.2) is 5.96 Å². The van der Waals surface area contributed by atoms with E-state index < -0.39 is 0 Å². The molecule has 0 aliphatic carbocycles. The number of aromatic nitrogens is 3. The lowest BCUT2D eigenvalue weighted by Gasteiger charge is -2.12. The zero-order valence-corrected chi connectivity index (χ0v) is 21.8. The molecule has 7 nitrogen and oxygen atoms in total. The Kier molecular flexibility index (Phi) is 10.2. The van der Waals surface area contributed by atoms with Gasteiger partial charge < -0.3 is 19.9 Å². The first-order valence-corrected chi connectivity index (χ1v) is 11.8. The lowest BCUT2D eigenvalue weighted by molar-refractivity contribution is 0.311. The number of halogens is 1. The number of hydrogen-bond acceptors (Lipinski definition) is 4. The van der Waals surface area contributed by atoms with Crippen LogP contribution in [0.2, 0.25) is 0 Å². The number of ether oxygens (including phenoxy) is 1. The third-order valence-electron chi connectivity index (χ3n) is 5.88. The van der Waals surface area contributed by atoms with Crippen molar-refractivity contribution in [2.24, 2.45) is 4.99 Å². The SMILES string of the molecule is CN=C(NCCCOc1ccc2ccccc2c1)NCCCc1nnc2n1CCCCC2.I. The molecule has 0 amide bonds. The maximum Gasteiger partial charge on any atom is 0.190 e. The van der Waals surface area contributed by atoms with Gasteiger partial charge in [0.1, 0.15) is 17.4 Å². The van der Waals surface area contributed by atoms with Crippen molar-refractivity contribution in [2.45, 2.75) is 51.5 Å². The number of fused-ring (bicyclic) bond motifs is 2. The predicted octanol–water partition coefficient (Wildman–Crippen LogP) is 4.34. The van der Waals surface area contributed by atoms with E-state index >= 15 is 0 Å². The minimum atomic E-state index is 0. The van der Waals surface area contributed by atoms with E-state index in [-0.39, 0.29) is 24.0 Å². The molecule has 2 heterocycles. The molecule has 0 spiro atoms. The number of hydrogen-bond donors (Lipinski definition) is 2. The van der Waals surface area contributed by atoms with Crippen molar-refractivity contribution in [1.29, 1.82) is 0 Å². The molecule has 0 atom stereocenters. The van der Waals surface area contributed by atoms with Crippen LogP contribution in [0.5, 0.6) is 5.75 Å². The van der Waals surface area contributed by atoms with Gasteiger partial charge >= 0.3 is 0 Å². The van der Waals surface area contributed by atoms with Crippen LogP contribution < -0.4 is 15.4 Å². The van der Waals surface area contributed by atoms with Gasteiger partial charge in [-0.25, -0.2) is 0 Å². The molecule has 0 saturated carbocycles. The van der Waals surface area contributed by atoms with Gasteiger partial charge in [0, 0.05) is 39.5 Å². The van der Waals surface area contributed by atoms with E-state index in [1.807, 2.05) is 6.07 Å². The fourth-order valence-electron chi connectivity index (χ4n) is 4.13. The normalized spacial score (nSPS) is 13.7. The van der Waals surface area contributed by atoms with E-state index in [1.54, 1.807) is 7.05 Å². The van der Waals surface area contributed by atoms with Gasteiger partial charge in [0.25, 0.3) is 0 Å². The van der Waals surface area contributed by atoms with Crippen molar-refractivity contribution in [1.82, 2.24) is 25.4 Å². The summed E-state index contributed by atoms with van der Waals surface area (Å²) < 4.78 is 8.24.